The fourth-order valence-electron chi connectivity index (χ4n) is 2.61. The number of rotatable bonds is 3. The molecule has 0 unspecified atom stereocenters. The average Bonchev–Trinajstić information content (AvgIpc) is 2.65. The molecule has 2 aromatic rings. The zero-order valence-corrected chi connectivity index (χ0v) is 14.9. The monoisotopic (exact) mass is 375 g/mol. The second kappa shape index (κ2) is 7.57. The Bertz CT molecular complexity index is 820. The highest BCUT2D eigenvalue weighted by molar-refractivity contribution is 6.31. The van der Waals surface area contributed by atoms with Gasteiger partial charge in [-0.15, -0.1) is 0 Å². The van der Waals surface area contributed by atoms with Crippen LogP contribution in [0.5, 0.6) is 0 Å². The summed E-state index contributed by atoms with van der Waals surface area (Å²) in [6.07, 6.45) is 2.67. The van der Waals surface area contributed by atoms with Crippen LogP contribution >= 0.6 is 11.6 Å². The van der Waals surface area contributed by atoms with E-state index in [1.807, 2.05) is 24.0 Å². The Morgan fingerprint density at radius 1 is 1.15 bits per heavy atom. The first-order valence-electron chi connectivity index (χ1n) is 8.06. The Morgan fingerprint density at radius 3 is 2.46 bits per heavy atom. The van der Waals surface area contributed by atoms with Crippen molar-refractivity contribution in [1.29, 1.82) is 0 Å². The van der Waals surface area contributed by atoms with Crippen LogP contribution in [0.4, 0.5) is 16.3 Å². The highest BCUT2D eigenvalue weighted by Crippen LogP contribution is 2.20. The molecule has 0 aliphatic carbocycles. The fraction of sp³-hybridized carbons (Fsp3) is 0.294. The lowest BCUT2D eigenvalue weighted by Crippen LogP contribution is -2.50. The Balaban J connectivity index is 1.56. The number of nitrogens with zero attached hydrogens (tertiary/aromatic N) is 4. The topological polar surface area (TPSA) is 98.7 Å². The molecule has 0 radical (unpaired) electrons. The zero-order valence-electron chi connectivity index (χ0n) is 14.1. The van der Waals surface area contributed by atoms with Gasteiger partial charge < -0.3 is 20.2 Å². The standard InChI is InChI=1S/C17H18ClN5O3/c1-11-2-3-12(8-13(11)18)21-17(26)23-6-4-22(5-7-23)15-10-19-14(9-20-15)16(24)25/h2-3,8-10H,4-7H2,1H3,(H,21,26)(H,24,25). The van der Waals surface area contributed by atoms with Gasteiger partial charge in [0.1, 0.15) is 5.82 Å². The van der Waals surface area contributed by atoms with Crippen molar-refractivity contribution in [1.82, 2.24) is 14.9 Å². The third kappa shape index (κ3) is 4.02. The van der Waals surface area contributed by atoms with E-state index >= 15 is 0 Å². The van der Waals surface area contributed by atoms with Crippen LogP contribution in [-0.2, 0) is 0 Å². The largest absolute Gasteiger partial charge is 0.476 e. The number of aromatic nitrogens is 2. The molecule has 0 atom stereocenters. The molecule has 9 heteroatoms. The summed E-state index contributed by atoms with van der Waals surface area (Å²) < 4.78 is 0. The van der Waals surface area contributed by atoms with Gasteiger partial charge in [-0.3, -0.25) is 0 Å². The number of urea groups is 1. The highest BCUT2D eigenvalue weighted by Gasteiger charge is 2.22. The summed E-state index contributed by atoms with van der Waals surface area (Å²) in [7, 11) is 0. The minimum atomic E-state index is -1.11. The number of carbonyl (C=O) groups is 2. The molecule has 26 heavy (non-hydrogen) atoms. The second-order valence-electron chi connectivity index (χ2n) is 5.93. The lowest BCUT2D eigenvalue weighted by molar-refractivity contribution is 0.0690. The van der Waals surface area contributed by atoms with Crippen LogP contribution < -0.4 is 10.2 Å². The van der Waals surface area contributed by atoms with Gasteiger partial charge in [0.15, 0.2) is 5.69 Å². The van der Waals surface area contributed by atoms with Gasteiger partial charge in [0.25, 0.3) is 0 Å². The van der Waals surface area contributed by atoms with E-state index in [1.54, 1.807) is 11.0 Å². The van der Waals surface area contributed by atoms with Gasteiger partial charge in [-0.25, -0.2) is 19.6 Å². The van der Waals surface area contributed by atoms with Gasteiger partial charge in [-0.1, -0.05) is 17.7 Å². The molecule has 2 heterocycles. The smallest absolute Gasteiger partial charge is 0.356 e. The van der Waals surface area contributed by atoms with E-state index in [9.17, 15) is 9.59 Å². The molecular weight excluding hydrogens is 358 g/mol. The molecule has 1 fully saturated rings. The number of carboxylic acids is 1. The number of anilines is 2. The van der Waals surface area contributed by atoms with Crippen LogP contribution in [0.1, 0.15) is 16.1 Å². The molecule has 1 aliphatic heterocycles. The summed E-state index contributed by atoms with van der Waals surface area (Å²) in [5.74, 6) is -0.512. The molecule has 1 aromatic heterocycles. The number of carbonyl (C=O) groups excluding carboxylic acids is 1. The lowest BCUT2D eigenvalue weighted by Gasteiger charge is -2.35. The first-order chi connectivity index (χ1) is 12.4. The minimum absolute atomic E-state index is 0.0940. The molecule has 2 amide bonds. The minimum Gasteiger partial charge on any atom is -0.476 e. The third-order valence-corrected chi connectivity index (χ3v) is 4.58. The number of hydrogen-bond donors (Lipinski definition) is 2. The second-order valence-corrected chi connectivity index (χ2v) is 6.34. The van der Waals surface area contributed by atoms with E-state index in [1.165, 1.54) is 12.4 Å². The van der Waals surface area contributed by atoms with Crippen molar-refractivity contribution in [3.63, 3.8) is 0 Å². The zero-order chi connectivity index (χ0) is 18.7. The Morgan fingerprint density at radius 2 is 1.88 bits per heavy atom. The predicted octanol–water partition coefficient (Wildman–Crippen LogP) is 2.49. The number of carboxylic acid groups (broad SMARTS) is 1. The lowest BCUT2D eigenvalue weighted by atomic mass is 10.2. The third-order valence-electron chi connectivity index (χ3n) is 4.17. The Hall–Kier alpha value is -2.87. The van der Waals surface area contributed by atoms with E-state index in [0.717, 1.165) is 5.56 Å². The summed E-state index contributed by atoms with van der Waals surface area (Å²) in [4.78, 5) is 34.9. The summed E-state index contributed by atoms with van der Waals surface area (Å²) in [6, 6.07) is 5.21. The molecule has 136 valence electrons. The van der Waals surface area contributed by atoms with Gasteiger partial charge in [0.2, 0.25) is 0 Å². The summed E-state index contributed by atoms with van der Waals surface area (Å²) in [6.45, 7) is 4.12. The van der Waals surface area contributed by atoms with Gasteiger partial charge in [0.05, 0.1) is 12.4 Å². The van der Waals surface area contributed by atoms with Crippen LogP contribution in [0.3, 0.4) is 0 Å². The van der Waals surface area contributed by atoms with E-state index in [-0.39, 0.29) is 11.7 Å². The van der Waals surface area contributed by atoms with Crippen molar-refractivity contribution < 1.29 is 14.7 Å². The molecule has 3 rings (SSSR count). The normalized spacial score (nSPS) is 14.2. The molecule has 1 aliphatic rings. The predicted molar refractivity (Wildman–Crippen MR) is 98.0 cm³/mol. The van der Waals surface area contributed by atoms with Crippen molar-refractivity contribution in [2.75, 3.05) is 36.4 Å². The SMILES string of the molecule is Cc1ccc(NC(=O)N2CCN(c3cnc(C(=O)O)cn3)CC2)cc1Cl. The Kier molecular flexibility index (Phi) is 5.22. The maximum Gasteiger partial charge on any atom is 0.356 e. The quantitative estimate of drug-likeness (QED) is 0.855. The van der Waals surface area contributed by atoms with E-state index in [0.29, 0.717) is 42.7 Å². The summed E-state index contributed by atoms with van der Waals surface area (Å²) in [5, 5.41) is 12.3. The number of piperazine rings is 1. The van der Waals surface area contributed by atoms with Crippen LogP contribution in [0.15, 0.2) is 30.6 Å². The van der Waals surface area contributed by atoms with E-state index in [2.05, 4.69) is 15.3 Å². The molecule has 0 bridgehead atoms. The highest BCUT2D eigenvalue weighted by atomic mass is 35.5. The molecule has 8 nitrogen and oxygen atoms in total. The molecule has 1 aromatic carbocycles. The first kappa shape index (κ1) is 17.9. The van der Waals surface area contributed by atoms with Gasteiger partial charge in [0, 0.05) is 36.9 Å². The number of aromatic carboxylic acids is 1. The van der Waals surface area contributed by atoms with Crippen molar-refractivity contribution >= 4 is 35.1 Å². The fourth-order valence-corrected chi connectivity index (χ4v) is 2.79. The molecule has 1 saturated heterocycles. The van der Waals surface area contributed by atoms with Crippen LogP contribution in [-0.4, -0.2) is 58.2 Å². The first-order valence-corrected chi connectivity index (χ1v) is 8.44. The average molecular weight is 376 g/mol. The van der Waals surface area contributed by atoms with Crippen molar-refractivity contribution in [2.45, 2.75) is 6.92 Å². The summed E-state index contributed by atoms with van der Waals surface area (Å²) >= 11 is 6.08. The van der Waals surface area contributed by atoms with E-state index in [4.69, 9.17) is 16.7 Å². The molecule has 0 saturated carbocycles. The van der Waals surface area contributed by atoms with Crippen molar-refractivity contribution in [3.05, 3.63) is 46.9 Å². The van der Waals surface area contributed by atoms with E-state index < -0.39 is 5.97 Å². The van der Waals surface area contributed by atoms with Crippen molar-refractivity contribution in [2.24, 2.45) is 0 Å². The van der Waals surface area contributed by atoms with Gasteiger partial charge in [-0.2, -0.15) is 0 Å². The molecular formula is C17H18ClN5O3. The van der Waals surface area contributed by atoms with Gasteiger partial charge >= 0.3 is 12.0 Å². The number of halogens is 1. The Labute approximate surface area is 155 Å². The number of hydrogen-bond acceptors (Lipinski definition) is 5. The maximum absolute atomic E-state index is 12.4. The van der Waals surface area contributed by atoms with Crippen LogP contribution in [0.25, 0.3) is 0 Å². The summed E-state index contributed by atoms with van der Waals surface area (Å²) in [5.41, 5.74) is 1.51. The number of nitrogens with one attached hydrogen (secondary N) is 1. The maximum atomic E-state index is 12.4. The molecule has 2 N–H and O–H groups in total. The molecule has 0 spiro atoms. The number of aryl methyl sites for hydroxylation is 1. The van der Waals surface area contributed by atoms with Crippen LogP contribution in [0, 0.1) is 6.92 Å². The van der Waals surface area contributed by atoms with Crippen LogP contribution in [0.2, 0.25) is 5.02 Å². The van der Waals surface area contributed by atoms with Crippen molar-refractivity contribution in [3.8, 4) is 0 Å². The number of amides is 2. The number of benzene rings is 1. The van der Waals surface area contributed by atoms with Gasteiger partial charge in [-0.05, 0) is 24.6 Å².